The van der Waals surface area contributed by atoms with Crippen molar-refractivity contribution in [3.8, 4) is 0 Å². The number of hydrogen-bond acceptors (Lipinski definition) is 4. The highest BCUT2D eigenvalue weighted by atomic mass is 16.5. The monoisotopic (exact) mass is 243 g/mol. The number of methoxy groups -OCH3 is 1. The molecule has 1 aliphatic heterocycles. The van der Waals surface area contributed by atoms with Gasteiger partial charge in [-0.3, -0.25) is 4.79 Å². The highest BCUT2D eigenvalue weighted by Gasteiger charge is 2.34. The fraction of sp³-hybridized carbons (Fsp3) is 0.833. The van der Waals surface area contributed by atoms with Gasteiger partial charge in [0.15, 0.2) is 6.04 Å². The lowest BCUT2D eigenvalue weighted by Crippen LogP contribution is -2.53. The maximum Gasteiger partial charge on any atom is 0.331 e. The van der Waals surface area contributed by atoms with Gasteiger partial charge < -0.3 is 14.4 Å². The highest BCUT2D eigenvalue weighted by molar-refractivity contribution is 5.85. The zero-order valence-corrected chi connectivity index (χ0v) is 11.0. The van der Waals surface area contributed by atoms with E-state index in [-0.39, 0.29) is 17.9 Å². The van der Waals surface area contributed by atoms with Crippen LogP contribution in [0.2, 0.25) is 0 Å². The Hall–Kier alpha value is -1.10. The van der Waals surface area contributed by atoms with Gasteiger partial charge in [-0.25, -0.2) is 4.79 Å². The molecular formula is C12H21NO4. The molecule has 1 heterocycles. The number of rotatable bonds is 2. The third-order valence-electron chi connectivity index (χ3n) is 2.60. The summed E-state index contributed by atoms with van der Waals surface area (Å²) in [6.07, 6.45) is 0.417. The number of carbonyl (C=O) groups is 2. The Morgan fingerprint density at radius 1 is 1.41 bits per heavy atom. The average Bonchev–Trinajstić information content (AvgIpc) is 2.25. The molecule has 17 heavy (non-hydrogen) atoms. The first-order chi connectivity index (χ1) is 7.85. The van der Waals surface area contributed by atoms with E-state index in [4.69, 9.17) is 4.74 Å². The molecule has 1 rings (SSSR count). The molecule has 0 aromatic carbocycles. The quantitative estimate of drug-likeness (QED) is 0.674. The molecule has 5 heteroatoms. The Balaban J connectivity index is 2.71. The lowest BCUT2D eigenvalue weighted by Gasteiger charge is -2.35. The van der Waals surface area contributed by atoms with Crippen molar-refractivity contribution in [1.82, 2.24) is 4.90 Å². The molecule has 0 spiro atoms. The van der Waals surface area contributed by atoms with Crippen LogP contribution in [-0.2, 0) is 19.1 Å². The minimum Gasteiger partial charge on any atom is -0.467 e. The summed E-state index contributed by atoms with van der Waals surface area (Å²) >= 11 is 0. The van der Waals surface area contributed by atoms with Crippen LogP contribution < -0.4 is 0 Å². The van der Waals surface area contributed by atoms with E-state index in [1.165, 1.54) is 7.11 Å². The van der Waals surface area contributed by atoms with Crippen molar-refractivity contribution in [2.75, 3.05) is 26.9 Å². The molecule has 1 fully saturated rings. The van der Waals surface area contributed by atoms with Crippen LogP contribution in [0.3, 0.4) is 0 Å². The van der Waals surface area contributed by atoms with Gasteiger partial charge in [0.25, 0.3) is 0 Å². The molecule has 1 amide bonds. The van der Waals surface area contributed by atoms with Crippen molar-refractivity contribution >= 4 is 11.9 Å². The van der Waals surface area contributed by atoms with Crippen molar-refractivity contribution in [2.45, 2.75) is 33.2 Å². The number of nitrogens with zero attached hydrogens (tertiary/aromatic N) is 1. The number of morpholine rings is 1. The predicted octanol–water partition coefficient (Wildman–Crippen LogP) is 0.823. The fourth-order valence-electron chi connectivity index (χ4n) is 1.79. The SMILES string of the molecule is COC(=O)C1COCCN1C(=O)CC(C)(C)C. The number of ether oxygens (including phenoxy) is 2. The molecular weight excluding hydrogens is 222 g/mol. The van der Waals surface area contributed by atoms with Crippen molar-refractivity contribution < 1.29 is 19.1 Å². The van der Waals surface area contributed by atoms with Gasteiger partial charge >= 0.3 is 5.97 Å². The summed E-state index contributed by atoms with van der Waals surface area (Å²) in [6, 6.07) is -0.594. The lowest BCUT2D eigenvalue weighted by atomic mass is 9.91. The predicted molar refractivity (Wildman–Crippen MR) is 62.4 cm³/mol. The Morgan fingerprint density at radius 2 is 2.06 bits per heavy atom. The first-order valence-electron chi connectivity index (χ1n) is 5.80. The van der Waals surface area contributed by atoms with Gasteiger partial charge in [-0.2, -0.15) is 0 Å². The Kier molecular flexibility index (Phi) is 4.51. The zero-order chi connectivity index (χ0) is 13.1. The molecule has 5 nitrogen and oxygen atoms in total. The second-order valence-corrected chi connectivity index (χ2v) is 5.44. The van der Waals surface area contributed by atoms with Gasteiger partial charge in [-0.1, -0.05) is 20.8 Å². The summed E-state index contributed by atoms with van der Waals surface area (Å²) in [5, 5.41) is 0. The normalized spacial score (nSPS) is 21.2. The number of esters is 1. The Bertz CT molecular complexity index is 295. The molecule has 0 aromatic rings. The average molecular weight is 243 g/mol. The number of amides is 1. The molecule has 0 radical (unpaired) electrons. The summed E-state index contributed by atoms with van der Waals surface area (Å²) in [4.78, 5) is 25.2. The summed E-state index contributed by atoms with van der Waals surface area (Å²) < 4.78 is 9.91. The fourth-order valence-corrected chi connectivity index (χ4v) is 1.79. The van der Waals surface area contributed by atoms with E-state index in [9.17, 15) is 9.59 Å². The first kappa shape index (κ1) is 14.0. The van der Waals surface area contributed by atoms with Crippen molar-refractivity contribution in [2.24, 2.45) is 5.41 Å². The van der Waals surface area contributed by atoms with Crippen molar-refractivity contribution in [3.63, 3.8) is 0 Å². The van der Waals surface area contributed by atoms with E-state index in [1.807, 2.05) is 20.8 Å². The van der Waals surface area contributed by atoms with E-state index in [0.29, 0.717) is 19.6 Å². The largest absolute Gasteiger partial charge is 0.467 e. The topological polar surface area (TPSA) is 55.8 Å². The maximum atomic E-state index is 12.1. The van der Waals surface area contributed by atoms with E-state index < -0.39 is 12.0 Å². The molecule has 0 N–H and O–H groups in total. The van der Waals surface area contributed by atoms with Gasteiger partial charge in [-0.15, -0.1) is 0 Å². The maximum absolute atomic E-state index is 12.1. The molecule has 1 aliphatic rings. The minimum atomic E-state index is -0.594. The van der Waals surface area contributed by atoms with Crippen molar-refractivity contribution in [3.05, 3.63) is 0 Å². The van der Waals surface area contributed by atoms with Crippen LogP contribution in [0.5, 0.6) is 0 Å². The van der Waals surface area contributed by atoms with Crippen LogP contribution >= 0.6 is 0 Å². The van der Waals surface area contributed by atoms with E-state index in [1.54, 1.807) is 4.90 Å². The highest BCUT2D eigenvalue weighted by Crippen LogP contribution is 2.21. The molecule has 0 aliphatic carbocycles. The lowest BCUT2D eigenvalue weighted by molar-refractivity contribution is -0.161. The summed E-state index contributed by atoms with van der Waals surface area (Å²) in [5.74, 6) is -0.428. The standard InChI is InChI=1S/C12H21NO4/c1-12(2,3)7-10(14)13-5-6-17-8-9(13)11(15)16-4/h9H,5-8H2,1-4H3. The van der Waals surface area contributed by atoms with Crippen LogP contribution in [0, 0.1) is 5.41 Å². The first-order valence-corrected chi connectivity index (χ1v) is 5.80. The van der Waals surface area contributed by atoms with Gasteiger partial charge in [0.2, 0.25) is 5.91 Å². The van der Waals surface area contributed by atoms with Gasteiger partial charge in [0.1, 0.15) is 0 Å². The molecule has 98 valence electrons. The number of carbonyl (C=O) groups excluding carboxylic acids is 2. The van der Waals surface area contributed by atoms with Gasteiger partial charge in [-0.05, 0) is 5.41 Å². The third-order valence-corrected chi connectivity index (χ3v) is 2.60. The van der Waals surface area contributed by atoms with Crippen LogP contribution in [0.25, 0.3) is 0 Å². The van der Waals surface area contributed by atoms with E-state index >= 15 is 0 Å². The third kappa shape index (κ3) is 4.00. The summed E-state index contributed by atoms with van der Waals surface area (Å²) in [6.45, 7) is 7.15. The van der Waals surface area contributed by atoms with Crippen LogP contribution in [-0.4, -0.2) is 49.7 Å². The Labute approximate surface area is 102 Å². The van der Waals surface area contributed by atoms with Crippen molar-refractivity contribution in [1.29, 1.82) is 0 Å². The molecule has 1 unspecified atom stereocenters. The molecule has 0 aromatic heterocycles. The van der Waals surface area contributed by atoms with E-state index in [0.717, 1.165) is 0 Å². The van der Waals surface area contributed by atoms with Crippen LogP contribution in [0.1, 0.15) is 27.2 Å². The van der Waals surface area contributed by atoms with Gasteiger partial charge in [0, 0.05) is 13.0 Å². The zero-order valence-electron chi connectivity index (χ0n) is 11.0. The van der Waals surface area contributed by atoms with E-state index in [2.05, 4.69) is 4.74 Å². The molecule has 0 saturated carbocycles. The Morgan fingerprint density at radius 3 is 2.59 bits per heavy atom. The molecule has 1 saturated heterocycles. The summed E-state index contributed by atoms with van der Waals surface area (Å²) in [7, 11) is 1.32. The number of hydrogen-bond donors (Lipinski definition) is 0. The van der Waals surface area contributed by atoms with Crippen LogP contribution in [0.4, 0.5) is 0 Å². The smallest absolute Gasteiger partial charge is 0.331 e. The van der Waals surface area contributed by atoms with Gasteiger partial charge in [0.05, 0.1) is 20.3 Å². The molecule has 0 bridgehead atoms. The minimum absolute atomic E-state index is 0.0174. The second-order valence-electron chi connectivity index (χ2n) is 5.44. The van der Waals surface area contributed by atoms with Crippen LogP contribution in [0.15, 0.2) is 0 Å². The second kappa shape index (κ2) is 5.49. The molecule has 1 atom stereocenters. The summed E-state index contributed by atoms with van der Waals surface area (Å²) in [5.41, 5.74) is -0.0872.